The molecule has 0 unspecified atom stereocenters. The Kier molecular flexibility index (Phi) is 7.12. The zero-order valence-corrected chi connectivity index (χ0v) is 16.1. The molecule has 1 aromatic carbocycles. The average molecular weight is 348 g/mol. The van der Waals surface area contributed by atoms with E-state index in [1.165, 1.54) is 19.3 Å². The van der Waals surface area contributed by atoms with Crippen LogP contribution in [0.4, 0.5) is 0 Å². The number of carbonyl (C=O) groups is 1. The second kappa shape index (κ2) is 9.09. The number of piperidine rings is 1. The number of aryl methyl sites for hydroxylation is 1. The van der Waals surface area contributed by atoms with Crippen LogP contribution in [0.25, 0.3) is 0 Å². The zero-order valence-electron chi connectivity index (χ0n) is 16.1. The van der Waals surface area contributed by atoms with Crippen LogP contribution in [0, 0.1) is 0 Å². The van der Waals surface area contributed by atoms with Gasteiger partial charge in [-0.2, -0.15) is 0 Å². The van der Waals surface area contributed by atoms with E-state index < -0.39 is 0 Å². The van der Waals surface area contributed by atoms with E-state index >= 15 is 0 Å². The van der Waals surface area contributed by atoms with Gasteiger partial charge in [-0.15, -0.1) is 0 Å². The molecule has 140 valence electrons. The van der Waals surface area contributed by atoms with Crippen LogP contribution in [0.15, 0.2) is 18.2 Å². The predicted molar refractivity (Wildman–Crippen MR) is 100 cm³/mol. The number of likely N-dealkylation sites (tertiary alicyclic amines) is 1. The predicted octanol–water partition coefficient (Wildman–Crippen LogP) is 3.02. The van der Waals surface area contributed by atoms with Crippen molar-refractivity contribution in [3.05, 3.63) is 23.8 Å². The van der Waals surface area contributed by atoms with E-state index in [1.54, 1.807) is 14.2 Å². The fraction of sp³-hybridized carbons (Fsp3) is 0.650. The Balaban J connectivity index is 1.80. The molecule has 1 aliphatic heterocycles. The Morgan fingerprint density at radius 1 is 1.12 bits per heavy atom. The molecule has 1 heterocycles. The molecule has 5 heteroatoms. The summed E-state index contributed by atoms with van der Waals surface area (Å²) in [6, 6.07) is 5.79. The van der Waals surface area contributed by atoms with Gasteiger partial charge in [-0.25, -0.2) is 0 Å². The molecule has 1 aliphatic rings. The summed E-state index contributed by atoms with van der Waals surface area (Å²) in [5.41, 5.74) is 1.09. The average Bonchev–Trinajstić information content (AvgIpc) is 2.65. The lowest BCUT2D eigenvalue weighted by atomic mass is 9.98. The van der Waals surface area contributed by atoms with E-state index in [4.69, 9.17) is 9.47 Å². The van der Waals surface area contributed by atoms with Crippen molar-refractivity contribution < 1.29 is 14.3 Å². The van der Waals surface area contributed by atoms with Crippen LogP contribution in [-0.4, -0.2) is 50.2 Å². The van der Waals surface area contributed by atoms with E-state index in [1.807, 2.05) is 18.2 Å². The highest BCUT2D eigenvalue weighted by Gasteiger charge is 2.28. The first kappa shape index (κ1) is 19.6. The fourth-order valence-corrected chi connectivity index (χ4v) is 3.31. The number of amides is 1. The lowest BCUT2D eigenvalue weighted by Crippen LogP contribution is -2.53. The third-order valence-electron chi connectivity index (χ3n) is 5.02. The molecule has 5 nitrogen and oxygen atoms in total. The summed E-state index contributed by atoms with van der Waals surface area (Å²) in [7, 11) is 3.24. The number of carbonyl (C=O) groups excluding carboxylic acids is 1. The zero-order chi connectivity index (χ0) is 18.3. The minimum Gasteiger partial charge on any atom is -0.493 e. The van der Waals surface area contributed by atoms with Crippen molar-refractivity contribution in [2.24, 2.45) is 0 Å². The van der Waals surface area contributed by atoms with Gasteiger partial charge < -0.3 is 14.8 Å². The Hall–Kier alpha value is -1.75. The lowest BCUT2D eigenvalue weighted by Gasteiger charge is -2.41. The highest BCUT2D eigenvalue weighted by molar-refractivity contribution is 5.76. The lowest BCUT2D eigenvalue weighted by molar-refractivity contribution is -0.121. The van der Waals surface area contributed by atoms with Crippen molar-refractivity contribution in [1.29, 1.82) is 0 Å². The molecule has 2 rings (SSSR count). The van der Waals surface area contributed by atoms with Crippen molar-refractivity contribution in [1.82, 2.24) is 10.2 Å². The normalized spacial score (nSPS) is 15.7. The van der Waals surface area contributed by atoms with Gasteiger partial charge in [0.15, 0.2) is 11.5 Å². The fourth-order valence-electron chi connectivity index (χ4n) is 3.31. The van der Waals surface area contributed by atoms with E-state index in [9.17, 15) is 4.79 Å². The van der Waals surface area contributed by atoms with Crippen LogP contribution < -0.4 is 14.8 Å². The highest BCUT2D eigenvalue weighted by Crippen LogP contribution is 2.28. The van der Waals surface area contributed by atoms with Gasteiger partial charge in [0.2, 0.25) is 5.91 Å². The molecule has 0 saturated carbocycles. The van der Waals surface area contributed by atoms with Gasteiger partial charge in [0.25, 0.3) is 0 Å². The summed E-state index contributed by atoms with van der Waals surface area (Å²) in [4.78, 5) is 14.7. The van der Waals surface area contributed by atoms with Crippen LogP contribution in [0.5, 0.6) is 11.5 Å². The second-order valence-corrected chi connectivity index (χ2v) is 7.33. The van der Waals surface area contributed by atoms with E-state index in [-0.39, 0.29) is 11.4 Å². The number of ether oxygens (including phenoxy) is 2. The van der Waals surface area contributed by atoms with Crippen molar-refractivity contribution >= 4 is 5.91 Å². The first-order valence-electron chi connectivity index (χ1n) is 9.19. The number of nitrogens with one attached hydrogen (secondary N) is 1. The van der Waals surface area contributed by atoms with Gasteiger partial charge >= 0.3 is 0 Å². The van der Waals surface area contributed by atoms with Crippen LogP contribution >= 0.6 is 0 Å². The minimum atomic E-state index is 0.0133. The molecule has 1 N–H and O–H groups in total. The molecule has 1 amide bonds. The number of hydrogen-bond acceptors (Lipinski definition) is 4. The monoisotopic (exact) mass is 348 g/mol. The summed E-state index contributed by atoms with van der Waals surface area (Å²) in [5.74, 6) is 1.51. The van der Waals surface area contributed by atoms with Crippen molar-refractivity contribution in [3.8, 4) is 11.5 Å². The van der Waals surface area contributed by atoms with E-state index in [2.05, 4.69) is 24.1 Å². The number of methoxy groups -OCH3 is 2. The maximum Gasteiger partial charge on any atom is 0.220 e. The molecule has 0 radical (unpaired) electrons. The molecule has 0 aromatic heterocycles. The summed E-state index contributed by atoms with van der Waals surface area (Å²) in [6.45, 7) is 7.39. The summed E-state index contributed by atoms with van der Waals surface area (Å²) >= 11 is 0. The Labute approximate surface area is 151 Å². The number of hydrogen-bond donors (Lipinski definition) is 1. The Bertz CT molecular complexity index is 566. The molecular formula is C20H32N2O3. The minimum absolute atomic E-state index is 0.0133. The summed E-state index contributed by atoms with van der Waals surface area (Å²) < 4.78 is 10.6. The molecule has 1 fully saturated rings. The Morgan fingerprint density at radius 2 is 1.80 bits per heavy atom. The first-order valence-corrected chi connectivity index (χ1v) is 9.19. The second-order valence-electron chi connectivity index (χ2n) is 7.33. The van der Waals surface area contributed by atoms with Crippen molar-refractivity contribution in [3.63, 3.8) is 0 Å². The third kappa shape index (κ3) is 5.63. The summed E-state index contributed by atoms with van der Waals surface area (Å²) in [5, 5.41) is 3.11. The van der Waals surface area contributed by atoms with E-state index in [0.717, 1.165) is 18.7 Å². The topological polar surface area (TPSA) is 50.8 Å². The molecule has 0 bridgehead atoms. The van der Waals surface area contributed by atoms with Crippen LogP contribution in [0.3, 0.4) is 0 Å². The molecule has 1 saturated heterocycles. The molecule has 0 atom stereocenters. The third-order valence-corrected chi connectivity index (χ3v) is 5.02. The van der Waals surface area contributed by atoms with Gasteiger partial charge in [0.1, 0.15) is 0 Å². The van der Waals surface area contributed by atoms with Gasteiger partial charge in [-0.3, -0.25) is 9.69 Å². The van der Waals surface area contributed by atoms with E-state index in [0.29, 0.717) is 30.9 Å². The standard InChI is InChI=1S/C20H32N2O3/c1-20(2,22-12-6-5-7-13-22)15-21-19(23)11-9-16-8-10-17(24-3)18(14-16)25-4/h8,10,14H,5-7,9,11-13,15H2,1-4H3,(H,21,23). The first-order chi connectivity index (χ1) is 12.0. The van der Waals surface area contributed by atoms with Gasteiger partial charge in [-0.1, -0.05) is 12.5 Å². The number of nitrogens with zero attached hydrogens (tertiary/aromatic N) is 1. The van der Waals surface area contributed by atoms with Crippen LogP contribution in [-0.2, 0) is 11.2 Å². The maximum absolute atomic E-state index is 12.2. The van der Waals surface area contributed by atoms with Gasteiger partial charge in [0.05, 0.1) is 14.2 Å². The van der Waals surface area contributed by atoms with Crippen LogP contribution in [0.1, 0.15) is 45.1 Å². The Morgan fingerprint density at radius 3 is 2.44 bits per heavy atom. The number of rotatable bonds is 8. The van der Waals surface area contributed by atoms with Crippen molar-refractivity contribution in [2.45, 2.75) is 51.5 Å². The molecule has 0 aliphatic carbocycles. The molecular weight excluding hydrogens is 316 g/mol. The molecule has 1 aromatic rings. The molecule has 0 spiro atoms. The quantitative estimate of drug-likeness (QED) is 0.785. The van der Waals surface area contributed by atoms with Gasteiger partial charge in [-0.05, 0) is 63.9 Å². The molecule has 25 heavy (non-hydrogen) atoms. The summed E-state index contributed by atoms with van der Waals surface area (Å²) in [6.07, 6.45) is 5.01. The van der Waals surface area contributed by atoms with Crippen LogP contribution in [0.2, 0.25) is 0 Å². The highest BCUT2D eigenvalue weighted by atomic mass is 16.5. The number of benzene rings is 1. The van der Waals surface area contributed by atoms with Crippen molar-refractivity contribution in [2.75, 3.05) is 33.9 Å². The largest absolute Gasteiger partial charge is 0.493 e. The smallest absolute Gasteiger partial charge is 0.220 e. The maximum atomic E-state index is 12.2. The SMILES string of the molecule is COc1ccc(CCC(=O)NCC(C)(C)N2CCCCC2)cc1OC. The van der Waals surface area contributed by atoms with Gasteiger partial charge in [0, 0.05) is 18.5 Å².